The first-order valence-corrected chi connectivity index (χ1v) is 7.77. The molecule has 0 amide bonds. The molecule has 4 rings (SSSR count). The van der Waals surface area contributed by atoms with Gasteiger partial charge in [0.2, 0.25) is 0 Å². The molecule has 3 nitrogen and oxygen atoms in total. The van der Waals surface area contributed by atoms with Gasteiger partial charge in [-0.05, 0) is 56.1 Å². The lowest BCUT2D eigenvalue weighted by molar-refractivity contribution is 0.304. The molecule has 2 fully saturated rings. The molecule has 2 saturated carbocycles. The van der Waals surface area contributed by atoms with Crippen molar-refractivity contribution in [2.24, 2.45) is 17.8 Å². The van der Waals surface area contributed by atoms with Gasteiger partial charge in [-0.25, -0.2) is 9.97 Å². The molecule has 1 N–H and O–H groups in total. The Bertz CT molecular complexity index is 619. The normalized spacial score (nSPS) is 29.8. The number of nitrogens with one attached hydrogen (secondary N) is 1. The first-order valence-electron chi connectivity index (χ1n) is 7.77. The van der Waals surface area contributed by atoms with Crippen molar-refractivity contribution in [1.82, 2.24) is 9.97 Å². The van der Waals surface area contributed by atoms with E-state index in [0.29, 0.717) is 6.04 Å². The Morgan fingerprint density at radius 3 is 2.85 bits per heavy atom. The number of para-hydroxylation sites is 1. The maximum atomic E-state index is 4.46. The third kappa shape index (κ3) is 1.96. The van der Waals surface area contributed by atoms with Gasteiger partial charge < -0.3 is 5.32 Å². The van der Waals surface area contributed by atoms with Gasteiger partial charge in [0.05, 0.1) is 5.52 Å². The molecule has 3 heteroatoms. The van der Waals surface area contributed by atoms with Crippen LogP contribution in [0.2, 0.25) is 0 Å². The highest BCUT2D eigenvalue weighted by Gasteiger charge is 2.41. The number of hydrogen-bond acceptors (Lipinski definition) is 3. The highest BCUT2D eigenvalue weighted by Crippen LogP contribution is 2.49. The molecule has 1 heterocycles. The number of anilines is 1. The van der Waals surface area contributed by atoms with Crippen LogP contribution in [-0.4, -0.2) is 16.0 Å². The van der Waals surface area contributed by atoms with Crippen molar-refractivity contribution in [2.75, 3.05) is 5.32 Å². The van der Waals surface area contributed by atoms with Crippen LogP contribution in [0.3, 0.4) is 0 Å². The van der Waals surface area contributed by atoms with E-state index in [-0.39, 0.29) is 0 Å². The van der Waals surface area contributed by atoms with Crippen LogP contribution in [0.15, 0.2) is 30.6 Å². The number of aromatic nitrogens is 2. The van der Waals surface area contributed by atoms with E-state index in [1.807, 2.05) is 12.1 Å². The fourth-order valence-corrected chi connectivity index (χ4v) is 4.35. The summed E-state index contributed by atoms with van der Waals surface area (Å²) in [4.78, 5) is 8.79. The second kappa shape index (κ2) is 4.72. The van der Waals surface area contributed by atoms with Crippen LogP contribution in [0, 0.1) is 17.8 Å². The highest BCUT2D eigenvalue weighted by atomic mass is 15.0. The van der Waals surface area contributed by atoms with Gasteiger partial charge in [0, 0.05) is 11.4 Å². The predicted molar refractivity (Wildman–Crippen MR) is 81.6 cm³/mol. The van der Waals surface area contributed by atoms with Crippen LogP contribution in [0.25, 0.3) is 10.9 Å². The molecule has 4 atom stereocenters. The van der Waals surface area contributed by atoms with E-state index >= 15 is 0 Å². The first-order chi connectivity index (χ1) is 9.81. The Kier molecular flexibility index (Phi) is 2.86. The molecule has 0 spiro atoms. The van der Waals surface area contributed by atoms with Gasteiger partial charge in [-0.15, -0.1) is 0 Å². The fraction of sp³-hybridized carbons (Fsp3) is 0.529. The molecule has 2 aliphatic carbocycles. The van der Waals surface area contributed by atoms with E-state index in [9.17, 15) is 0 Å². The summed E-state index contributed by atoms with van der Waals surface area (Å²) in [6.45, 7) is 2.32. The average molecular weight is 267 g/mol. The topological polar surface area (TPSA) is 37.8 Å². The Morgan fingerprint density at radius 1 is 1.15 bits per heavy atom. The summed E-state index contributed by atoms with van der Waals surface area (Å²) in [7, 11) is 0. The third-order valence-corrected chi connectivity index (χ3v) is 5.34. The van der Waals surface area contributed by atoms with Crippen molar-refractivity contribution < 1.29 is 0 Å². The summed E-state index contributed by atoms with van der Waals surface area (Å²) >= 11 is 0. The molecule has 2 bridgehead atoms. The molecule has 2 aromatic rings. The Morgan fingerprint density at radius 2 is 2.05 bits per heavy atom. The largest absolute Gasteiger partial charge is 0.367 e. The zero-order valence-electron chi connectivity index (χ0n) is 11.9. The van der Waals surface area contributed by atoms with Crippen molar-refractivity contribution in [3.05, 3.63) is 30.6 Å². The average Bonchev–Trinajstić information content (AvgIpc) is 3.10. The van der Waals surface area contributed by atoms with Crippen LogP contribution in [0.4, 0.5) is 5.82 Å². The molecule has 20 heavy (non-hydrogen) atoms. The standard InChI is InChI=1S/C17H21N3/c1-11(15-9-12-6-7-13(15)8-12)20-17-14-4-2-3-5-16(14)18-10-19-17/h2-5,10-13,15H,6-9H2,1H3,(H,18,19,20). The van der Waals surface area contributed by atoms with E-state index in [1.165, 1.54) is 25.7 Å². The van der Waals surface area contributed by atoms with Crippen LogP contribution in [-0.2, 0) is 0 Å². The predicted octanol–water partition coefficient (Wildman–Crippen LogP) is 3.87. The quantitative estimate of drug-likeness (QED) is 0.917. The molecule has 4 unspecified atom stereocenters. The summed E-state index contributed by atoms with van der Waals surface area (Å²) in [5.74, 6) is 3.75. The maximum absolute atomic E-state index is 4.46. The zero-order valence-corrected chi connectivity index (χ0v) is 11.9. The van der Waals surface area contributed by atoms with Crippen molar-refractivity contribution in [3.8, 4) is 0 Å². The van der Waals surface area contributed by atoms with Crippen LogP contribution in [0.5, 0.6) is 0 Å². The Hall–Kier alpha value is -1.64. The van der Waals surface area contributed by atoms with Gasteiger partial charge in [-0.3, -0.25) is 0 Å². The second-order valence-corrected chi connectivity index (χ2v) is 6.51. The number of rotatable bonds is 3. The minimum absolute atomic E-state index is 0.503. The van der Waals surface area contributed by atoms with Gasteiger partial charge in [0.1, 0.15) is 12.1 Å². The van der Waals surface area contributed by atoms with E-state index in [1.54, 1.807) is 6.33 Å². The molecule has 0 saturated heterocycles. The van der Waals surface area contributed by atoms with E-state index in [2.05, 4.69) is 34.3 Å². The van der Waals surface area contributed by atoms with Crippen LogP contribution in [0.1, 0.15) is 32.6 Å². The highest BCUT2D eigenvalue weighted by molar-refractivity contribution is 5.88. The first kappa shape index (κ1) is 12.1. The smallest absolute Gasteiger partial charge is 0.137 e. The molecular formula is C17H21N3. The molecule has 2 aliphatic rings. The van der Waals surface area contributed by atoms with Gasteiger partial charge >= 0.3 is 0 Å². The van der Waals surface area contributed by atoms with E-state index in [0.717, 1.165) is 34.5 Å². The lowest BCUT2D eigenvalue weighted by atomic mass is 9.84. The summed E-state index contributed by atoms with van der Waals surface area (Å²) < 4.78 is 0. The molecule has 1 aromatic carbocycles. The van der Waals surface area contributed by atoms with Crippen molar-refractivity contribution in [3.63, 3.8) is 0 Å². The summed E-state index contributed by atoms with van der Waals surface area (Å²) in [5.41, 5.74) is 1.02. The summed E-state index contributed by atoms with van der Waals surface area (Å²) in [6, 6.07) is 8.73. The lowest BCUT2D eigenvalue weighted by Gasteiger charge is -2.29. The molecular weight excluding hydrogens is 246 g/mol. The maximum Gasteiger partial charge on any atom is 0.137 e. The van der Waals surface area contributed by atoms with E-state index in [4.69, 9.17) is 0 Å². The molecule has 104 valence electrons. The molecule has 1 aromatic heterocycles. The SMILES string of the molecule is CC(Nc1ncnc2ccccc12)C1CC2CCC1C2. The molecule has 0 aliphatic heterocycles. The van der Waals surface area contributed by atoms with Crippen LogP contribution < -0.4 is 5.32 Å². The Balaban J connectivity index is 1.58. The number of benzene rings is 1. The number of nitrogens with zero attached hydrogens (tertiary/aromatic N) is 2. The minimum atomic E-state index is 0.503. The van der Waals surface area contributed by atoms with Crippen LogP contribution >= 0.6 is 0 Å². The Labute approximate surface area is 119 Å². The second-order valence-electron chi connectivity index (χ2n) is 6.51. The minimum Gasteiger partial charge on any atom is -0.367 e. The van der Waals surface area contributed by atoms with Gasteiger partial charge in [0.25, 0.3) is 0 Å². The third-order valence-electron chi connectivity index (χ3n) is 5.34. The van der Waals surface area contributed by atoms with Crippen molar-refractivity contribution in [2.45, 2.75) is 38.6 Å². The zero-order chi connectivity index (χ0) is 13.5. The van der Waals surface area contributed by atoms with E-state index < -0.39 is 0 Å². The van der Waals surface area contributed by atoms with Gasteiger partial charge in [0.15, 0.2) is 0 Å². The monoisotopic (exact) mass is 267 g/mol. The van der Waals surface area contributed by atoms with Gasteiger partial charge in [-0.2, -0.15) is 0 Å². The summed E-state index contributed by atoms with van der Waals surface area (Å²) in [5, 5.41) is 4.79. The van der Waals surface area contributed by atoms with Gasteiger partial charge in [-0.1, -0.05) is 18.6 Å². The van der Waals surface area contributed by atoms with Crippen molar-refractivity contribution >= 4 is 16.7 Å². The summed E-state index contributed by atoms with van der Waals surface area (Å²) in [6.07, 6.45) is 7.43. The lowest BCUT2D eigenvalue weighted by Crippen LogP contribution is -2.30. The number of hydrogen-bond donors (Lipinski definition) is 1. The van der Waals surface area contributed by atoms with Crippen molar-refractivity contribution in [1.29, 1.82) is 0 Å². The molecule has 0 radical (unpaired) electrons. The number of fused-ring (bicyclic) bond motifs is 3. The fourth-order valence-electron chi connectivity index (χ4n) is 4.35.